The van der Waals surface area contributed by atoms with Crippen LogP contribution in [0.3, 0.4) is 0 Å². The zero-order chi connectivity index (χ0) is 19.3. The summed E-state index contributed by atoms with van der Waals surface area (Å²) in [7, 11) is 0. The minimum atomic E-state index is 0.471. The number of rotatable bonds is 5. The van der Waals surface area contributed by atoms with Crippen LogP contribution in [0.4, 0.5) is 0 Å². The first-order valence-electron chi connectivity index (χ1n) is 12.3. The van der Waals surface area contributed by atoms with Crippen molar-refractivity contribution in [3.05, 3.63) is 0 Å². The monoisotopic (exact) mass is 362 g/mol. The summed E-state index contributed by atoms with van der Waals surface area (Å²) in [5.74, 6) is 6.89. The van der Waals surface area contributed by atoms with Gasteiger partial charge in [-0.25, -0.2) is 0 Å². The molecule has 154 valence electrons. The summed E-state index contributed by atoms with van der Waals surface area (Å²) in [6.07, 6.45) is 16.3. The van der Waals surface area contributed by atoms with Gasteiger partial charge in [0.2, 0.25) is 0 Å². The topological polar surface area (TPSA) is 0 Å². The molecule has 26 heavy (non-hydrogen) atoms. The largest absolute Gasteiger partial charge is 0.0654 e. The third-order valence-electron chi connectivity index (χ3n) is 8.49. The maximum Gasteiger partial charge on any atom is -0.0354 e. The van der Waals surface area contributed by atoms with E-state index in [9.17, 15) is 0 Å². The van der Waals surface area contributed by atoms with E-state index in [0.29, 0.717) is 5.41 Å². The highest BCUT2D eigenvalue weighted by Crippen LogP contribution is 2.47. The molecule has 0 radical (unpaired) electrons. The van der Waals surface area contributed by atoms with Crippen LogP contribution in [0.1, 0.15) is 119 Å². The highest BCUT2D eigenvalue weighted by Gasteiger charge is 2.36. The van der Waals surface area contributed by atoms with Gasteiger partial charge >= 0.3 is 0 Å². The van der Waals surface area contributed by atoms with E-state index in [0.717, 1.165) is 41.4 Å². The van der Waals surface area contributed by atoms with E-state index in [-0.39, 0.29) is 0 Å². The third kappa shape index (κ3) is 6.00. The van der Waals surface area contributed by atoms with Crippen molar-refractivity contribution in [3.8, 4) is 0 Å². The van der Waals surface area contributed by atoms with Crippen molar-refractivity contribution in [2.75, 3.05) is 0 Å². The Labute approximate surface area is 166 Å². The van der Waals surface area contributed by atoms with Crippen molar-refractivity contribution in [1.29, 1.82) is 0 Å². The summed E-state index contributed by atoms with van der Waals surface area (Å²) in [6, 6.07) is 0. The van der Waals surface area contributed by atoms with E-state index in [1.807, 2.05) is 0 Å². The molecule has 0 bridgehead atoms. The fourth-order valence-corrected chi connectivity index (χ4v) is 6.80. The van der Waals surface area contributed by atoms with Crippen LogP contribution in [0.5, 0.6) is 0 Å². The molecular formula is C26H50. The SMILES string of the molecule is CCCC(CC1CC(C)CC2CCC(C)C2CCCC1CC)C(C)(C)C. The molecule has 0 heterocycles. The van der Waals surface area contributed by atoms with Crippen LogP contribution in [-0.4, -0.2) is 0 Å². The van der Waals surface area contributed by atoms with E-state index in [2.05, 4.69) is 48.5 Å². The first-order valence-corrected chi connectivity index (χ1v) is 12.3. The molecule has 0 aromatic rings. The Morgan fingerprint density at radius 1 is 0.885 bits per heavy atom. The summed E-state index contributed by atoms with van der Waals surface area (Å²) < 4.78 is 0. The van der Waals surface area contributed by atoms with Gasteiger partial charge < -0.3 is 0 Å². The van der Waals surface area contributed by atoms with Gasteiger partial charge in [0.1, 0.15) is 0 Å². The van der Waals surface area contributed by atoms with Gasteiger partial charge in [-0.05, 0) is 78.9 Å². The molecule has 0 saturated heterocycles. The lowest BCUT2D eigenvalue weighted by molar-refractivity contribution is 0.117. The van der Waals surface area contributed by atoms with Gasteiger partial charge in [-0.2, -0.15) is 0 Å². The van der Waals surface area contributed by atoms with Gasteiger partial charge in [-0.3, -0.25) is 0 Å². The summed E-state index contributed by atoms with van der Waals surface area (Å²) in [6.45, 7) is 17.5. The normalized spacial score (nSPS) is 38.0. The highest BCUT2D eigenvalue weighted by molar-refractivity contribution is 4.87. The van der Waals surface area contributed by atoms with E-state index >= 15 is 0 Å². The number of hydrogen-bond acceptors (Lipinski definition) is 0. The molecule has 0 nitrogen and oxygen atoms in total. The van der Waals surface area contributed by atoms with Gasteiger partial charge in [-0.1, -0.05) is 87.0 Å². The Kier molecular flexibility index (Phi) is 8.55. The molecule has 2 aliphatic carbocycles. The molecule has 0 aliphatic heterocycles. The van der Waals surface area contributed by atoms with Crippen molar-refractivity contribution < 1.29 is 0 Å². The Bertz CT molecular complexity index is 389. The van der Waals surface area contributed by atoms with Crippen LogP contribution < -0.4 is 0 Å². The Hall–Kier alpha value is 0. The second-order valence-corrected chi connectivity index (χ2v) is 11.5. The molecule has 0 amide bonds. The molecular weight excluding hydrogens is 312 g/mol. The van der Waals surface area contributed by atoms with Gasteiger partial charge in [0.05, 0.1) is 0 Å². The molecule has 2 rings (SSSR count). The standard InChI is InChI=1S/C26H50/c1-8-11-24(26(5,6)7)18-23-17-19(3)16-22-15-14-20(4)25(22)13-10-12-21(23)9-2/h19-25H,8-18H2,1-7H3. The minimum absolute atomic E-state index is 0.471. The van der Waals surface area contributed by atoms with Gasteiger partial charge in [0, 0.05) is 0 Å². The van der Waals surface area contributed by atoms with Gasteiger partial charge in [-0.15, -0.1) is 0 Å². The van der Waals surface area contributed by atoms with Crippen molar-refractivity contribution in [2.45, 2.75) is 119 Å². The first-order chi connectivity index (χ1) is 12.3. The first kappa shape index (κ1) is 22.3. The van der Waals surface area contributed by atoms with Crippen LogP contribution >= 0.6 is 0 Å². The molecule has 0 aromatic heterocycles. The Balaban J connectivity index is 2.11. The average Bonchev–Trinajstić information content (AvgIpc) is 2.89. The van der Waals surface area contributed by atoms with E-state index < -0.39 is 0 Å². The molecule has 7 unspecified atom stereocenters. The summed E-state index contributed by atoms with van der Waals surface area (Å²) in [4.78, 5) is 0. The smallest absolute Gasteiger partial charge is 0.0354 e. The summed E-state index contributed by atoms with van der Waals surface area (Å²) >= 11 is 0. The second kappa shape index (κ2) is 9.97. The number of hydrogen-bond donors (Lipinski definition) is 0. The fourth-order valence-electron chi connectivity index (χ4n) is 6.80. The van der Waals surface area contributed by atoms with Crippen molar-refractivity contribution in [1.82, 2.24) is 0 Å². The molecule has 0 aromatic carbocycles. The average molecular weight is 363 g/mol. The molecule has 2 fully saturated rings. The lowest BCUT2D eigenvalue weighted by atomic mass is 9.67. The quantitative estimate of drug-likeness (QED) is 0.458. The summed E-state index contributed by atoms with van der Waals surface area (Å²) in [5, 5.41) is 0. The maximum atomic E-state index is 2.59. The lowest BCUT2D eigenvalue weighted by Crippen LogP contribution is -2.29. The van der Waals surface area contributed by atoms with Crippen LogP contribution in [0, 0.1) is 46.8 Å². The molecule has 0 spiro atoms. The Morgan fingerprint density at radius 2 is 1.62 bits per heavy atom. The van der Waals surface area contributed by atoms with Crippen molar-refractivity contribution in [3.63, 3.8) is 0 Å². The van der Waals surface area contributed by atoms with Gasteiger partial charge in [0.15, 0.2) is 0 Å². The third-order valence-corrected chi connectivity index (χ3v) is 8.49. The van der Waals surface area contributed by atoms with Crippen LogP contribution in [0.15, 0.2) is 0 Å². The van der Waals surface area contributed by atoms with Crippen LogP contribution in [0.2, 0.25) is 0 Å². The minimum Gasteiger partial charge on any atom is -0.0654 e. The molecule has 7 atom stereocenters. The second-order valence-electron chi connectivity index (χ2n) is 11.5. The molecule has 0 heteroatoms. The van der Waals surface area contributed by atoms with Crippen LogP contribution in [0.25, 0.3) is 0 Å². The summed E-state index contributed by atoms with van der Waals surface area (Å²) in [5.41, 5.74) is 0.471. The zero-order valence-corrected chi connectivity index (χ0v) is 19.3. The highest BCUT2D eigenvalue weighted by atomic mass is 14.4. The van der Waals surface area contributed by atoms with Crippen molar-refractivity contribution in [2.24, 2.45) is 46.8 Å². The van der Waals surface area contributed by atoms with E-state index in [1.165, 1.54) is 70.6 Å². The molecule has 0 N–H and O–H groups in total. The lowest BCUT2D eigenvalue weighted by Gasteiger charge is -2.39. The predicted molar refractivity (Wildman–Crippen MR) is 117 cm³/mol. The fraction of sp³-hybridized carbons (Fsp3) is 1.00. The molecule has 2 aliphatic rings. The zero-order valence-electron chi connectivity index (χ0n) is 19.3. The van der Waals surface area contributed by atoms with E-state index in [1.54, 1.807) is 0 Å². The predicted octanol–water partition coefficient (Wildman–Crippen LogP) is 8.74. The Morgan fingerprint density at radius 3 is 2.23 bits per heavy atom. The molecule has 2 saturated carbocycles. The van der Waals surface area contributed by atoms with E-state index in [4.69, 9.17) is 0 Å². The van der Waals surface area contributed by atoms with Crippen molar-refractivity contribution >= 4 is 0 Å². The maximum absolute atomic E-state index is 2.59. The van der Waals surface area contributed by atoms with Crippen LogP contribution in [-0.2, 0) is 0 Å². The number of fused-ring (bicyclic) bond motifs is 1. The van der Waals surface area contributed by atoms with Gasteiger partial charge in [0.25, 0.3) is 0 Å².